The lowest BCUT2D eigenvalue weighted by Gasteiger charge is -2.10. The second-order valence-corrected chi connectivity index (χ2v) is 4.78. The average Bonchev–Trinajstić information content (AvgIpc) is 2.73. The molecule has 2 atom stereocenters. The van der Waals surface area contributed by atoms with Gasteiger partial charge < -0.3 is 10.6 Å². The molecule has 0 unspecified atom stereocenters. The third kappa shape index (κ3) is 3.47. The largest absolute Gasteiger partial charge is 0.349 e. The highest BCUT2D eigenvalue weighted by molar-refractivity contribution is 9.10. The Bertz CT molecular complexity index is 415. The molecule has 0 bridgehead atoms. The van der Waals surface area contributed by atoms with Crippen molar-refractivity contribution in [2.75, 3.05) is 6.54 Å². The van der Waals surface area contributed by atoms with Gasteiger partial charge in [0.15, 0.2) is 0 Å². The van der Waals surface area contributed by atoms with E-state index >= 15 is 0 Å². The minimum atomic E-state index is -0.922. The van der Waals surface area contributed by atoms with Gasteiger partial charge in [0.05, 0.1) is 18.3 Å². The van der Waals surface area contributed by atoms with E-state index in [1.807, 2.05) is 18.2 Å². The van der Waals surface area contributed by atoms with E-state index < -0.39 is 12.2 Å². The van der Waals surface area contributed by atoms with Crippen molar-refractivity contribution in [3.8, 4) is 0 Å². The summed E-state index contributed by atoms with van der Waals surface area (Å²) in [7, 11) is 0. The summed E-state index contributed by atoms with van der Waals surface area (Å²) in [5.41, 5.74) is 0.766. The van der Waals surface area contributed by atoms with E-state index in [2.05, 4.69) is 31.5 Å². The number of rotatable bonds is 3. The van der Waals surface area contributed by atoms with Crippen LogP contribution in [0.25, 0.3) is 0 Å². The Morgan fingerprint density at radius 2 is 2.47 bits per heavy atom. The van der Waals surface area contributed by atoms with Crippen LogP contribution in [0.3, 0.4) is 0 Å². The first-order chi connectivity index (χ1) is 8.15. The third-order valence-corrected chi connectivity index (χ3v) is 3.05. The second kappa shape index (κ2) is 5.55. The summed E-state index contributed by atoms with van der Waals surface area (Å²) in [6.45, 7) is 0.612. The second-order valence-electron chi connectivity index (χ2n) is 3.96. The van der Waals surface area contributed by atoms with Crippen LogP contribution in [0.15, 0.2) is 22.8 Å². The number of halogens is 2. The van der Waals surface area contributed by atoms with Crippen LogP contribution in [0.2, 0.25) is 0 Å². The molecule has 0 saturated carbocycles. The quantitative estimate of drug-likeness (QED) is 0.824. The Morgan fingerprint density at radius 1 is 1.65 bits per heavy atom. The van der Waals surface area contributed by atoms with E-state index in [1.54, 1.807) is 0 Å². The van der Waals surface area contributed by atoms with Crippen LogP contribution in [0, 0.1) is 0 Å². The molecule has 2 heterocycles. The van der Waals surface area contributed by atoms with Crippen LogP contribution in [0.1, 0.15) is 12.1 Å². The zero-order valence-electron chi connectivity index (χ0n) is 9.12. The zero-order valence-corrected chi connectivity index (χ0v) is 10.7. The first-order valence-electron chi connectivity index (χ1n) is 5.42. The highest BCUT2D eigenvalue weighted by Gasteiger charge is 2.28. The van der Waals surface area contributed by atoms with Crippen molar-refractivity contribution in [2.45, 2.75) is 25.2 Å². The smallest absolute Gasteiger partial charge is 0.237 e. The predicted molar refractivity (Wildman–Crippen MR) is 65.1 cm³/mol. The minimum Gasteiger partial charge on any atom is -0.349 e. The van der Waals surface area contributed by atoms with Crippen molar-refractivity contribution >= 4 is 21.8 Å². The van der Waals surface area contributed by atoms with Crippen molar-refractivity contribution < 1.29 is 9.18 Å². The number of nitrogens with one attached hydrogen (secondary N) is 2. The van der Waals surface area contributed by atoms with Gasteiger partial charge in [-0.2, -0.15) is 0 Å². The molecule has 1 aliphatic rings. The molecule has 1 aromatic rings. The molecule has 1 fully saturated rings. The zero-order chi connectivity index (χ0) is 12.3. The van der Waals surface area contributed by atoms with Gasteiger partial charge in [0.25, 0.3) is 0 Å². The summed E-state index contributed by atoms with van der Waals surface area (Å²) in [4.78, 5) is 15.9. The number of hydrogen-bond donors (Lipinski definition) is 2. The normalized spacial score (nSPS) is 23.6. The highest BCUT2D eigenvalue weighted by atomic mass is 79.9. The van der Waals surface area contributed by atoms with Crippen molar-refractivity contribution in [1.82, 2.24) is 15.6 Å². The van der Waals surface area contributed by atoms with Gasteiger partial charge in [-0.1, -0.05) is 6.07 Å². The maximum atomic E-state index is 12.9. The van der Waals surface area contributed by atoms with Crippen LogP contribution in [0.4, 0.5) is 4.39 Å². The lowest BCUT2D eigenvalue weighted by molar-refractivity contribution is -0.123. The molecule has 1 aliphatic heterocycles. The monoisotopic (exact) mass is 301 g/mol. The maximum absolute atomic E-state index is 12.9. The fourth-order valence-electron chi connectivity index (χ4n) is 1.74. The van der Waals surface area contributed by atoms with Crippen LogP contribution in [-0.4, -0.2) is 29.6 Å². The molecule has 0 spiro atoms. The number of nitrogens with zero attached hydrogens (tertiary/aromatic N) is 1. The van der Waals surface area contributed by atoms with Gasteiger partial charge in [-0.25, -0.2) is 9.37 Å². The Balaban J connectivity index is 1.84. The molecule has 2 N–H and O–H groups in total. The molecule has 17 heavy (non-hydrogen) atoms. The Labute approximate surface area is 107 Å². The number of carbonyl (C=O) groups excluding carboxylic acids is 1. The van der Waals surface area contributed by atoms with Crippen molar-refractivity contribution in [2.24, 2.45) is 0 Å². The molecule has 1 amide bonds. The van der Waals surface area contributed by atoms with E-state index in [0.717, 1.165) is 10.3 Å². The van der Waals surface area contributed by atoms with Gasteiger partial charge in [0.1, 0.15) is 10.8 Å². The lowest BCUT2D eigenvalue weighted by atomic mass is 10.2. The number of alkyl halides is 1. The summed E-state index contributed by atoms with van der Waals surface area (Å²) in [6, 6.07) is 5.07. The SMILES string of the molecule is O=C(NCc1cccc(Br)n1)[C@@H]1C[C@@H](F)CN1. The highest BCUT2D eigenvalue weighted by Crippen LogP contribution is 2.10. The summed E-state index contributed by atoms with van der Waals surface area (Å²) >= 11 is 3.26. The minimum absolute atomic E-state index is 0.174. The Kier molecular flexibility index (Phi) is 4.06. The first kappa shape index (κ1) is 12.4. The fraction of sp³-hybridized carbons (Fsp3) is 0.455. The van der Waals surface area contributed by atoms with Gasteiger partial charge in [-0.05, 0) is 28.1 Å². The molecule has 4 nitrogen and oxygen atoms in total. The maximum Gasteiger partial charge on any atom is 0.237 e. The molecular weight excluding hydrogens is 289 g/mol. The summed E-state index contributed by atoms with van der Waals surface area (Å²) < 4.78 is 13.6. The third-order valence-electron chi connectivity index (χ3n) is 2.61. The molecule has 0 radical (unpaired) electrons. The van der Waals surface area contributed by atoms with Gasteiger partial charge in [-0.15, -0.1) is 0 Å². The molecule has 0 aliphatic carbocycles. The van der Waals surface area contributed by atoms with Gasteiger partial charge in [-0.3, -0.25) is 4.79 Å². The van der Waals surface area contributed by atoms with Crippen LogP contribution < -0.4 is 10.6 Å². The molecular formula is C11H13BrFN3O. The van der Waals surface area contributed by atoms with E-state index in [1.165, 1.54) is 0 Å². The number of pyridine rings is 1. The molecule has 2 rings (SSSR count). The first-order valence-corrected chi connectivity index (χ1v) is 6.21. The van der Waals surface area contributed by atoms with Crippen molar-refractivity contribution in [1.29, 1.82) is 0 Å². The van der Waals surface area contributed by atoms with Crippen LogP contribution in [0.5, 0.6) is 0 Å². The average molecular weight is 302 g/mol. The molecule has 92 valence electrons. The fourth-order valence-corrected chi connectivity index (χ4v) is 2.12. The van der Waals surface area contributed by atoms with E-state index in [-0.39, 0.29) is 18.9 Å². The van der Waals surface area contributed by atoms with Crippen molar-refractivity contribution in [3.05, 3.63) is 28.5 Å². The van der Waals surface area contributed by atoms with E-state index in [9.17, 15) is 9.18 Å². The number of aromatic nitrogens is 1. The summed E-state index contributed by atoms with van der Waals surface area (Å²) in [5, 5.41) is 5.57. The predicted octanol–water partition coefficient (Wildman–Crippen LogP) is 1.16. The van der Waals surface area contributed by atoms with Crippen molar-refractivity contribution in [3.63, 3.8) is 0 Å². The Hall–Kier alpha value is -1.01. The summed E-state index contributed by atoms with van der Waals surface area (Å²) in [6.07, 6.45) is -0.674. The standard InChI is InChI=1S/C11H13BrFN3O/c12-10-3-1-2-8(16-10)6-15-11(17)9-4-7(13)5-14-9/h1-3,7,9,14H,4-6H2,(H,15,17)/t7-,9+/m1/s1. The Morgan fingerprint density at radius 3 is 3.12 bits per heavy atom. The topological polar surface area (TPSA) is 54.0 Å². The number of hydrogen-bond acceptors (Lipinski definition) is 3. The molecule has 6 heteroatoms. The van der Waals surface area contributed by atoms with Gasteiger partial charge >= 0.3 is 0 Å². The molecule has 1 saturated heterocycles. The van der Waals surface area contributed by atoms with E-state index in [4.69, 9.17) is 0 Å². The van der Waals surface area contributed by atoms with Crippen LogP contribution >= 0.6 is 15.9 Å². The number of amides is 1. The van der Waals surface area contributed by atoms with Crippen LogP contribution in [-0.2, 0) is 11.3 Å². The molecule has 0 aromatic carbocycles. The summed E-state index contributed by atoms with van der Waals surface area (Å²) in [5.74, 6) is -0.174. The lowest BCUT2D eigenvalue weighted by Crippen LogP contribution is -2.40. The van der Waals surface area contributed by atoms with Gasteiger partial charge in [0, 0.05) is 13.0 Å². The number of carbonyl (C=O) groups is 1. The van der Waals surface area contributed by atoms with Gasteiger partial charge in [0.2, 0.25) is 5.91 Å². The molecule has 1 aromatic heterocycles. The van der Waals surface area contributed by atoms with E-state index in [0.29, 0.717) is 6.54 Å².